The first-order valence-electron chi connectivity index (χ1n) is 7.33. The minimum atomic E-state index is -0.436. The summed E-state index contributed by atoms with van der Waals surface area (Å²) in [7, 11) is 1.32. The summed E-state index contributed by atoms with van der Waals surface area (Å²) in [6, 6.07) is 11.8. The maximum Gasteiger partial charge on any atom is 0.338 e. The van der Waals surface area contributed by atoms with Gasteiger partial charge in [-0.1, -0.05) is 24.3 Å². The molecule has 0 saturated heterocycles. The molecule has 0 aliphatic carbocycles. The number of esters is 1. The lowest BCUT2D eigenvalue weighted by Crippen LogP contribution is -2.24. The van der Waals surface area contributed by atoms with E-state index in [9.17, 15) is 14.0 Å². The highest BCUT2D eigenvalue weighted by molar-refractivity contribution is 8.00. The van der Waals surface area contributed by atoms with Gasteiger partial charge in [0.2, 0.25) is 5.91 Å². The Balaban J connectivity index is 1.89. The quantitative estimate of drug-likeness (QED) is 0.643. The molecule has 0 aromatic heterocycles. The molecular weight excluding hydrogens is 329 g/mol. The van der Waals surface area contributed by atoms with E-state index in [4.69, 9.17) is 4.74 Å². The Kier molecular flexibility index (Phi) is 6.37. The largest absolute Gasteiger partial charge is 0.465 e. The molecule has 0 aliphatic rings. The van der Waals surface area contributed by atoms with Gasteiger partial charge in [0.15, 0.2) is 0 Å². The predicted octanol–water partition coefficient (Wildman–Crippen LogP) is 3.33. The number of aryl methyl sites for hydroxylation is 1. The second-order valence-corrected chi connectivity index (χ2v) is 6.15. The third kappa shape index (κ3) is 4.83. The molecule has 0 fully saturated rings. The topological polar surface area (TPSA) is 55.4 Å². The number of nitrogens with one attached hydrogen (secondary N) is 1. The third-order valence-corrected chi connectivity index (χ3v) is 4.45. The zero-order valence-electron chi connectivity index (χ0n) is 13.5. The SMILES string of the molecule is COC(=O)c1ccccc1SCC(=O)NCc1ccc(C)c(F)c1. The summed E-state index contributed by atoms with van der Waals surface area (Å²) in [5.41, 5.74) is 1.70. The first-order chi connectivity index (χ1) is 11.5. The maximum atomic E-state index is 13.5. The number of benzene rings is 2. The molecule has 24 heavy (non-hydrogen) atoms. The van der Waals surface area contributed by atoms with Crippen LogP contribution in [0.15, 0.2) is 47.4 Å². The molecule has 0 heterocycles. The first-order valence-corrected chi connectivity index (χ1v) is 8.31. The molecule has 6 heteroatoms. The molecule has 0 aliphatic heterocycles. The summed E-state index contributed by atoms with van der Waals surface area (Å²) < 4.78 is 18.2. The van der Waals surface area contributed by atoms with Crippen LogP contribution in [0, 0.1) is 12.7 Å². The van der Waals surface area contributed by atoms with Crippen LogP contribution in [-0.2, 0) is 16.1 Å². The number of rotatable bonds is 6. The van der Waals surface area contributed by atoms with Crippen molar-refractivity contribution in [1.29, 1.82) is 0 Å². The van der Waals surface area contributed by atoms with Gasteiger partial charge in [0.1, 0.15) is 5.82 Å². The summed E-state index contributed by atoms with van der Waals surface area (Å²) >= 11 is 1.25. The summed E-state index contributed by atoms with van der Waals surface area (Å²) in [5, 5.41) is 2.74. The van der Waals surface area contributed by atoms with Crippen molar-refractivity contribution in [3.8, 4) is 0 Å². The molecule has 2 rings (SSSR count). The molecule has 4 nitrogen and oxygen atoms in total. The number of carbonyl (C=O) groups is 2. The van der Waals surface area contributed by atoms with Crippen molar-refractivity contribution >= 4 is 23.6 Å². The van der Waals surface area contributed by atoms with Gasteiger partial charge >= 0.3 is 5.97 Å². The van der Waals surface area contributed by atoms with Crippen molar-refractivity contribution in [1.82, 2.24) is 5.32 Å². The van der Waals surface area contributed by atoms with Gasteiger partial charge in [-0.15, -0.1) is 11.8 Å². The molecule has 126 valence electrons. The molecule has 2 aromatic rings. The van der Waals surface area contributed by atoms with Crippen LogP contribution in [-0.4, -0.2) is 24.7 Å². The molecule has 1 amide bonds. The van der Waals surface area contributed by atoms with E-state index >= 15 is 0 Å². The molecule has 0 spiro atoms. The van der Waals surface area contributed by atoms with Gasteiger partial charge in [-0.25, -0.2) is 9.18 Å². The highest BCUT2D eigenvalue weighted by atomic mass is 32.2. The summed E-state index contributed by atoms with van der Waals surface area (Å²) in [6.45, 7) is 1.95. The number of halogens is 1. The van der Waals surface area contributed by atoms with Gasteiger partial charge in [-0.2, -0.15) is 0 Å². The molecule has 0 unspecified atom stereocenters. The Morgan fingerprint density at radius 3 is 2.67 bits per heavy atom. The number of amides is 1. The van der Waals surface area contributed by atoms with Crippen LogP contribution in [0.1, 0.15) is 21.5 Å². The van der Waals surface area contributed by atoms with Gasteiger partial charge in [-0.3, -0.25) is 4.79 Å². The average molecular weight is 347 g/mol. The van der Waals surface area contributed by atoms with Crippen molar-refractivity contribution in [2.75, 3.05) is 12.9 Å². The minimum Gasteiger partial charge on any atom is -0.465 e. The van der Waals surface area contributed by atoms with Crippen LogP contribution in [0.5, 0.6) is 0 Å². The van der Waals surface area contributed by atoms with E-state index in [1.165, 1.54) is 24.9 Å². The number of hydrogen-bond acceptors (Lipinski definition) is 4. The predicted molar refractivity (Wildman–Crippen MR) is 91.5 cm³/mol. The van der Waals surface area contributed by atoms with Gasteiger partial charge in [0.05, 0.1) is 18.4 Å². The second kappa shape index (κ2) is 8.49. The minimum absolute atomic E-state index is 0.155. The third-order valence-electron chi connectivity index (χ3n) is 3.38. The fourth-order valence-corrected chi connectivity index (χ4v) is 2.88. The van der Waals surface area contributed by atoms with Crippen LogP contribution in [0.25, 0.3) is 0 Å². The van der Waals surface area contributed by atoms with Gasteiger partial charge in [-0.05, 0) is 36.2 Å². The van der Waals surface area contributed by atoms with Crippen molar-refractivity contribution < 1.29 is 18.7 Å². The first kappa shape index (κ1) is 18.0. The zero-order chi connectivity index (χ0) is 17.5. The zero-order valence-corrected chi connectivity index (χ0v) is 14.3. The van der Waals surface area contributed by atoms with E-state index < -0.39 is 5.97 Å². The Labute approximate surface area is 144 Å². The Morgan fingerprint density at radius 1 is 1.21 bits per heavy atom. The lowest BCUT2D eigenvalue weighted by Gasteiger charge is -2.08. The Morgan fingerprint density at radius 2 is 1.96 bits per heavy atom. The fourth-order valence-electron chi connectivity index (χ4n) is 2.01. The van der Waals surface area contributed by atoms with Crippen molar-refractivity contribution in [3.63, 3.8) is 0 Å². The highest BCUT2D eigenvalue weighted by Crippen LogP contribution is 2.23. The molecular formula is C18H18FNO3S. The smallest absolute Gasteiger partial charge is 0.338 e. The van der Waals surface area contributed by atoms with Crippen LogP contribution < -0.4 is 5.32 Å². The number of ether oxygens (including phenoxy) is 1. The van der Waals surface area contributed by atoms with Gasteiger partial charge in [0, 0.05) is 11.4 Å². The Bertz CT molecular complexity index is 749. The number of hydrogen-bond donors (Lipinski definition) is 1. The standard InChI is InChI=1S/C18H18FNO3S/c1-12-7-8-13(9-15(12)19)10-20-17(21)11-24-16-6-4-3-5-14(16)18(22)23-2/h3-9H,10-11H2,1-2H3,(H,20,21). The van der Waals surface area contributed by atoms with E-state index in [-0.39, 0.29) is 24.0 Å². The average Bonchev–Trinajstić information content (AvgIpc) is 2.60. The molecule has 0 saturated carbocycles. The van der Waals surface area contributed by atoms with Gasteiger partial charge in [0.25, 0.3) is 0 Å². The van der Waals surface area contributed by atoms with Crippen LogP contribution in [0.4, 0.5) is 4.39 Å². The van der Waals surface area contributed by atoms with E-state index in [1.54, 1.807) is 43.3 Å². The van der Waals surface area contributed by atoms with Crippen molar-refractivity contribution in [2.24, 2.45) is 0 Å². The summed E-state index contributed by atoms with van der Waals surface area (Å²) in [5.74, 6) is -0.764. The summed E-state index contributed by atoms with van der Waals surface area (Å²) in [4.78, 5) is 24.3. The van der Waals surface area contributed by atoms with E-state index in [2.05, 4.69) is 5.32 Å². The fraction of sp³-hybridized carbons (Fsp3) is 0.222. The monoisotopic (exact) mass is 347 g/mol. The second-order valence-electron chi connectivity index (χ2n) is 5.14. The Hall–Kier alpha value is -2.34. The maximum absolute atomic E-state index is 13.5. The lowest BCUT2D eigenvalue weighted by atomic mass is 10.1. The normalized spacial score (nSPS) is 10.3. The number of methoxy groups -OCH3 is 1. The number of carbonyl (C=O) groups excluding carboxylic acids is 2. The van der Waals surface area contributed by atoms with Crippen molar-refractivity contribution in [2.45, 2.75) is 18.4 Å². The number of thioether (sulfide) groups is 1. The molecule has 0 bridgehead atoms. The van der Waals surface area contributed by atoms with E-state index in [0.717, 1.165) is 0 Å². The van der Waals surface area contributed by atoms with Gasteiger partial charge < -0.3 is 10.1 Å². The molecule has 0 atom stereocenters. The van der Waals surface area contributed by atoms with E-state index in [0.29, 0.717) is 21.6 Å². The highest BCUT2D eigenvalue weighted by Gasteiger charge is 2.12. The lowest BCUT2D eigenvalue weighted by molar-refractivity contribution is -0.118. The van der Waals surface area contributed by atoms with Crippen LogP contribution in [0.3, 0.4) is 0 Å². The molecule has 1 N–H and O–H groups in total. The van der Waals surface area contributed by atoms with Crippen molar-refractivity contribution in [3.05, 3.63) is 65.0 Å². The molecule has 0 radical (unpaired) electrons. The van der Waals surface area contributed by atoms with Crippen LogP contribution in [0.2, 0.25) is 0 Å². The van der Waals surface area contributed by atoms with E-state index in [1.807, 2.05) is 0 Å². The molecule has 2 aromatic carbocycles. The van der Waals surface area contributed by atoms with Crippen LogP contribution >= 0.6 is 11.8 Å². The summed E-state index contributed by atoms with van der Waals surface area (Å²) in [6.07, 6.45) is 0.